The summed E-state index contributed by atoms with van der Waals surface area (Å²) in [6.07, 6.45) is 0.915. The van der Waals surface area contributed by atoms with Crippen LogP contribution in [-0.2, 0) is 6.54 Å². The van der Waals surface area contributed by atoms with E-state index in [9.17, 15) is 5.11 Å². The lowest BCUT2D eigenvalue weighted by atomic mass is 10.1. The molecule has 0 aliphatic rings. The average molecular weight is 394 g/mol. The van der Waals surface area contributed by atoms with Crippen molar-refractivity contribution >= 4 is 43.5 Å². The van der Waals surface area contributed by atoms with E-state index >= 15 is 0 Å². The number of hydrogen-bond acceptors (Lipinski definition) is 2. The molecular formula is C12H11Br2ClN2O. The zero-order valence-corrected chi connectivity index (χ0v) is 13.5. The molecule has 2 rings (SSSR count). The fraction of sp³-hybridized carbons (Fsp3) is 0.250. The Morgan fingerprint density at radius 3 is 2.72 bits per heavy atom. The molecule has 0 bridgehead atoms. The summed E-state index contributed by atoms with van der Waals surface area (Å²) in [4.78, 5) is 0. The third-order valence-electron chi connectivity index (χ3n) is 2.59. The third-order valence-corrected chi connectivity index (χ3v) is 3.88. The minimum Gasteiger partial charge on any atom is -0.382 e. The monoisotopic (exact) mass is 392 g/mol. The van der Waals surface area contributed by atoms with Gasteiger partial charge in [-0.2, -0.15) is 5.10 Å². The highest BCUT2D eigenvalue weighted by molar-refractivity contribution is 9.10. The molecular weight excluding hydrogens is 383 g/mol. The van der Waals surface area contributed by atoms with Crippen LogP contribution in [0.15, 0.2) is 33.3 Å². The van der Waals surface area contributed by atoms with E-state index in [4.69, 9.17) is 11.6 Å². The Morgan fingerprint density at radius 1 is 1.39 bits per heavy atom. The van der Waals surface area contributed by atoms with Gasteiger partial charge in [0.1, 0.15) is 6.10 Å². The van der Waals surface area contributed by atoms with Crippen molar-refractivity contribution in [3.63, 3.8) is 0 Å². The number of benzene rings is 1. The van der Waals surface area contributed by atoms with Crippen LogP contribution in [-0.4, -0.2) is 14.9 Å². The van der Waals surface area contributed by atoms with Crippen LogP contribution in [0.5, 0.6) is 0 Å². The van der Waals surface area contributed by atoms with Crippen molar-refractivity contribution in [3.05, 3.63) is 49.6 Å². The van der Waals surface area contributed by atoms with Gasteiger partial charge >= 0.3 is 0 Å². The quantitative estimate of drug-likeness (QED) is 0.849. The van der Waals surface area contributed by atoms with E-state index in [0.29, 0.717) is 11.6 Å². The summed E-state index contributed by atoms with van der Waals surface area (Å²) in [5, 5.41) is 15.2. The maximum absolute atomic E-state index is 10.5. The second-order valence-electron chi connectivity index (χ2n) is 3.80. The Kier molecular flexibility index (Phi) is 4.48. The molecule has 6 heteroatoms. The first kappa shape index (κ1) is 14.1. The van der Waals surface area contributed by atoms with E-state index in [1.807, 2.05) is 13.0 Å². The summed E-state index contributed by atoms with van der Waals surface area (Å²) >= 11 is 12.8. The Hall–Kier alpha value is -0.360. The molecule has 1 unspecified atom stereocenters. The van der Waals surface area contributed by atoms with E-state index in [1.165, 1.54) is 0 Å². The van der Waals surface area contributed by atoms with Gasteiger partial charge in [-0.05, 0) is 46.6 Å². The second kappa shape index (κ2) is 5.74. The molecule has 0 saturated carbocycles. The number of nitrogens with zero attached hydrogens (tertiary/aromatic N) is 2. The van der Waals surface area contributed by atoms with Gasteiger partial charge in [0.15, 0.2) is 0 Å². The lowest BCUT2D eigenvalue weighted by molar-refractivity contribution is 0.207. The van der Waals surface area contributed by atoms with Crippen LogP contribution in [0.4, 0.5) is 0 Å². The summed E-state index contributed by atoms with van der Waals surface area (Å²) < 4.78 is 3.37. The van der Waals surface area contributed by atoms with Gasteiger partial charge in [0.05, 0.1) is 16.4 Å². The fourth-order valence-electron chi connectivity index (χ4n) is 1.79. The zero-order chi connectivity index (χ0) is 13.3. The van der Waals surface area contributed by atoms with Gasteiger partial charge in [-0.25, -0.2) is 0 Å². The smallest absolute Gasteiger partial charge is 0.122 e. The third kappa shape index (κ3) is 2.79. The van der Waals surface area contributed by atoms with Crippen LogP contribution >= 0.6 is 43.5 Å². The van der Waals surface area contributed by atoms with E-state index in [2.05, 4.69) is 37.0 Å². The van der Waals surface area contributed by atoms with Gasteiger partial charge in [-0.3, -0.25) is 4.68 Å². The van der Waals surface area contributed by atoms with E-state index in [1.54, 1.807) is 23.0 Å². The summed E-state index contributed by atoms with van der Waals surface area (Å²) in [6, 6.07) is 5.37. The first-order valence-corrected chi connectivity index (χ1v) is 7.34. The van der Waals surface area contributed by atoms with Crippen molar-refractivity contribution < 1.29 is 5.11 Å². The number of aryl methyl sites for hydroxylation is 1. The molecule has 0 aliphatic carbocycles. The second-order valence-corrected chi connectivity index (χ2v) is 6.01. The molecule has 0 saturated heterocycles. The maximum atomic E-state index is 10.5. The van der Waals surface area contributed by atoms with Gasteiger partial charge in [0, 0.05) is 16.0 Å². The highest BCUT2D eigenvalue weighted by atomic mass is 79.9. The van der Waals surface area contributed by atoms with Gasteiger partial charge in [0.2, 0.25) is 0 Å². The van der Waals surface area contributed by atoms with Crippen LogP contribution in [0, 0.1) is 0 Å². The molecule has 1 aromatic carbocycles. The molecule has 2 aromatic rings. The molecule has 1 aromatic heterocycles. The predicted octanol–water partition coefficient (Wildman–Crippen LogP) is 4.16. The molecule has 3 nitrogen and oxygen atoms in total. The minimum absolute atomic E-state index is 0.581. The van der Waals surface area contributed by atoms with Crippen LogP contribution < -0.4 is 0 Å². The molecule has 1 heterocycles. The molecule has 0 aliphatic heterocycles. The first-order chi connectivity index (χ1) is 8.52. The van der Waals surface area contributed by atoms with Gasteiger partial charge in [0.25, 0.3) is 0 Å². The highest BCUT2D eigenvalue weighted by Crippen LogP contribution is 2.31. The molecule has 1 atom stereocenters. The highest BCUT2D eigenvalue weighted by Gasteiger charge is 2.19. The van der Waals surface area contributed by atoms with Crippen molar-refractivity contribution in [2.75, 3.05) is 0 Å². The van der Waals surface area contributed by atoms with Crippen LogP contribution in [0.3, 0.4) is 0 Å². The summed E-state index contributed by atoms with van der Waals surface area (Å²) in [6.45, 7) is 2.67. The molecule has 0 spiro atoms. The lowest BCUT2D eigenvalue weighted by Gasteiger charge is -2.14. The van der Waals surface area contributed by atoms with E-state index in [-0.39, 0.29) is 0 Å². The Morgan fingerprint density at radius 2 is 2.11 bits per heavy atom. The van der Waals surface area contributed by atoms with Gasteiger partial charge in [-0.1, -0.05) is 27.5 Å². The van der Waals surface area contributed by atoms with Gasteiger partial charge in [-0.15, -0.1) is 0 Å². The van der Waals surface area contributed by atoms with Crippen LogP contribution in [0.2, 0.25) is 5.02 Å². The number of halogens is 3. The Labute approximate surface area is 127 Å². The summed E-state index contributed by atoms with van der Waals surface area (Å²) in [5.41, 5.74) is 1.46. The van der Waals surface area contributed by atoms with Crippen molar-refractivity contribution in [1.82, 2.24) is 9.78 Å². The van der Waals surface area contributed by atoms with Crippen molar-refractivity contribution in [3.8, 4) is 0 Å². The topological polar surface area (TPSA) is 38.0 Å². The van der Waals surface area contributed by atoms with Crippen molar-refractivity contribution in [1.29, 1.82) is 0 Å². The van der Waals surface area contributed by atoms with Crippen LogP contribution in [0.25, 0.3) is 0 Å². The Balaban J connectivity index is 2.47. The van der Waals surface area contributed by atoms with E-state index < -0.39 is 6.10 Å². The first-order valence-electron chi connectivity index (χ1n) is 5.38. The van der Waals surface area contributed by atoms with Crippen LogP contribution in [0.1, 0.15) is 24.3 Å². The molecule has 1 N–H and O–H groups in total. The van der Waals surface area contributed by atoms with E-state index in [0.717, 1.165) is 20.2 Å². The van der Waals surface area contributed by atoms with Gasteiger partial charge < -0.3 is 5.11 Å². The van der Waals surface area contributed by atoms with Crippen molar-refractivity contribution in [2.45, 2.75) is 19.6 Å². The standard InChI is InChI=1S/C12H11Br2ClN2O/c1-2-17-11(10(14)6-16-17)12(18)7-3-8(13)5-9(15)4-7/h3-6,12,18H,2H2,1H3. The molecule has 96 valence electrons. The number of aliphatic hydroxyl groups excluding tert-OH is 1. The summed E-state index contributed by atoms with van der Waals surface area (Å²) in [7, 11) is 0. The normalized spacial score (nSPS) is 12.7. The largest absolute Gasteiger partial charge is 0.382 e. The number of aliphatic hydroxyl groups is 1. The predicted molar refractivity (Wildman–Crippen MR) is 78.8 cm³/mol. The van der Waals surface area contributed by atoms with Crippen molar-refractivity contribution in [2.24, 2.45) is 0 Å². The molecule has 0 amide bonds. The SMILES string of the molecule is CCn1ncc(Br)c1C(O)c1cc(Cl)cc(Br)c1. The molecule has 0 fully saturated rings. The number of aromatic nitrogens is 2. The fourth-order valence-corrected chi connectivity index (χ4v) is 3.19. The number of hydrogen-bond donors (Lipinski definition) is 1. The Bertz CT molecular complexity index is 551. The zero-order valence-electron chi connectivity index (χ0n) is 9.57. The summed E-state index contributed by atoms with van der Waals surface area (Å²) in [5.74, 6) is 0. The molecule has 0 radical (unpaired) electrons. The minimum atomic E-state index is -0.767. The number of rotatable bonds is 3. The average Bonchev–Trinajstić information content (AvgIpc) is 2.68. The maximum Gasteiger partial charge on any atom is 0.122 e. The lowest BCUT2D eigenvalue weighted by Crippen LogP contribution is -2.09. The molecule has 18 heavy (non-hydrogen) atoms.